The summed E-state index contributed by atoms with van der Waals surface area (Å²) in [6.07, 6.45) is 6.53. The van der Waals surface area contributed by atoms with E-state index >= 15 is 0 Å². The smallest absolute Gasteiger partial charge is 0.275 e. The normalized spacial score (nSPS) is 16.5. The maximum absolute atomic E-state index is 12.7. The number of nitrogens with zero attached hydrogens (tertiary/aromatic N) is 4. The Morgan fingerprint density at radius 1 is 1.24 bits per heavy atom. The summed E-state index contributed by atoms with van der Waals surface area (Å²) in [5.74, 6) is 2.18. The summed E-state index contributed by atoms with van der Waals surface area (Å²) in [6, 6.07) is 7.31. The molecule has 0 radical (unpaired) electrons. The second-order valence-electron chi connectivity index (χ2n) is 6.91. The van der Waals surface area contributed by atoms with Crippen LogP contribution in [0.3, 0.4) is 0 Å². The zero-order valence-corrected chi connectivity index (χ0v) is 16.4. The average Bonchev–Trinajstić information content (AvgIpc) is 3.20. The number of ether oxygens (including phenoxy) is 2. The summed E-state index contributed by atoms with van der Waals surface area (Å²) in [4.78, 5) is 27.5. The molecule has 29 heavy (non-hydrogen) atoms. The van der Waals surface area contributed by atoms with E-state index in [0.29, 0.717) is 42.1 Å². The fourth-order valence-corrected chi connectivity index (χ4v) is 3.42. The quantitative estimate of drug-likeness (QED) is 0.653. The van der Waals surface area contributed by atoms with Gasteiger partial charge in [-0.05, 0) is 25.0 Å². The lowest BCUT2D eigenvalue weighted by Crippen LogP contribution is -2.39. The Morgan fingerprint density at radius 2 is 2.10 bits per heavy atom. The van der Waals surface area contributed by atoms with Crippen LogP contribution in [0.5, 0.6) is 17.4 Å². The summed E-state index contributed by atoms with van der Waals surface area (Å²) >= 11 is 0. The van der Waals surface area contributed by atoms with Crippen LogP contribution in [0.1, 0.15) is 40.8 Å². The topological polar surface area (TPSA) is 90.6 Å². The molecule has 0 aliphatic carbocycles. The van der Waals surface area contributed by atoms with Crippen molar-refractivity contribution >= 4 is 5.91 Å². The van der Waals surface area contributed by atoms with Crippen LogP contribution < -0.4 is 9.47 Å². The van der Waals surface area contributed by atoms with Crippen LogP contribution in [-0.4, -0.2) is 46.0 Å². The molecule has 1 amide bonds. The number of methoxy groups -OCH3 is 1. The molecule has 1 atom stereocenters. The third-order valence-electron chi connectivity index (χ3n) is 4.86. The number of hydrogen-bond donors (Lipinski definition) is 0. The Bertz CT molecular complexity index is 1000. The first kappa shape index (κ1) is 18.9. The predicted molar refractivity (Wildman–Crippen MR) is 104 cm³/mol. The number of hydrogen-bond acceptors (Lipinski definition) is 7. The second kappa shape index (κ2) is 8.30. The molecule has 1 fully saturated rings. The Labute approximate surface area is 168 Å². The minimum Gasteiger partial charge on any atom is -0.497 e. The number of oxazole rings is 1. The van der Waals surface area contributed by atoms with Crippen molar-refractivity contribution in [1.29, 1.82) is 0 Å². The second-order valence-corrected chi connectivity index (χ2v) is 6.91. The summed E-state index contributed by atoms with van der Waals surface area (Å²) in [5.41, 5.74) is 1.14. The molecule has 150 valence electrons. The van der Waals surface area contributed by atoms with Gasteiger partial charge in [0.15, 0.2) is 11.6 Å². The maximum atomic E-state index is 12.7. The molecule has 1 aromatic carbocycles. The van der Waals surface area contributed by atoms with E-state index in [0.717, 1.165) is 18.5 Å². The SMILES string of the molecule is COc1cccc(Oc2cncc([C@@H]3CCCN(C(=O)c4coc(C)n4)C3)n2)c1. The van der Waals surface area contributed by atoms with Crippen molar-refractivity contribution in [3.8, 4) is 17.4 Å². The van der Waals surface area contributed by atoms with Crippen molar-refractivity contribution in [2.45, 2.75) is 25.7 Å². The first-order chi connectivity index (χ1) is 14.1. The Morgan fingerprint density at radius 3 is 2.90 bits per heavy atom. The number of likely N-dealkylation sites (tertiary alicyclic amines) is 1. The lowest BCUT2D eigenvalue weighted by molar-refractivity contribution is 0.0699. The highest BCUT2D eigenvalue weighted by Gasteiger charge is 2.28. The molecule has 0 N–H and O–H groups in total. The highest BCUT2D eigenvalue weighted by molar-refractivity contribution is 5.92. The largest absolute Gasteiger partial charge is 0.497 e. The van der Waals surface area contributed by atoms with Gasteiger partial charge >= 0.3 is 0 Å². The van der Waals surface area contributed by atoms with Crippen molar-refractivity contribution in [2.75, 3.05) is 20.2 Å². The molecule has 8 heteroatoms. The van der Waals surface area contributed by atoms with Crippen LogP contribution >= 0.6 is 0 Å². The van der Waals surface area contributed by atoms with E-state index in [1.165, 1.54) is 6.26 Å². The zero-order valence-electron chi connectivity index (χ0n) is 16.4. The molecule has 3 aromatic rings. The molecule has 1 saturated heterocycles. The Kier molecular flexibility index (Phi) is 5.41. The molecule has 0 unspecified atom stereocenters. The van der Waals surface area contributed by atoms with Crippen LogP contribution in [0, 0.1) is 6.92 Å². The summed E-state index contributed by atoms with van der Waals surface area (Å²) in [7, 11) is 1.61. The lowest BCUT2D eigenvalue weighted by Gasteiger charge is -2.31. The van der Waals surface area contributed by atoms with Gasteiger partial charge in [0.05, 0.1) is 19.0 Å². The molecule has 0 saturated carbocycles. The van der Waals surface area contributed by atoms with Gasteiger partial charge in [-0.1, -0.05) is 6.07 Å². The lowest BCUT2D eigenvalue weighted by atomic mass is 9.95. The first-order valence-corrected chi connectivity index (χ1v) is 9.47. The first-order valence-electron chi connectivity index (χ1n) is 9.47. The van der Waals surface area contributed by atoms with Gasteiger partial charge in [0, 0.05) is 38.2 Å². The molecule has 8 nitrogen and oxygen atoms in total. The van der Waals surface area contributed by atoms with Crippen molar-refractivity contribution in [3.05, 3.63) is 60.2 Å². The van der Waals surface area contributed by atoms with E-state index in [9.17, 15) is 4.79 Å². The number of aromatic nitrogens is 3. The van der Waals surface area contributed by atoms with Crippen molar-refractivity contribution < 1.29 is 18.7 Å². The van der Waals surface area contributed by atoms with Gasteiger partial charge in [0.1, 0.15) is 17.8 Å². The van der Waals surface area contributed by atoms with Gasteiger partial charge < -0.3 is 18.8 Å². The third-order valence-corrected chi connectivity index (χ3v) is 4.86. The van der Waals surface area contributed by atoms with Crippen LogP contribution in [0.4, 0.5) is 0 Å². The van der Waals surface area contributed by atoms with Crippen molar-refractivity contribution in [1.82, 2.24) is 19.9 Å². The molecular formula is C21H22N4O4. The van der Waals surface area contributed by atoms with E-state index in [-0.39, 0.29) is 11.8 Å². The van der Waals surface area contributed by atoms with Gasteiger partial charge in [-0.25, -0.2) is 9.97 Å². The molecular weight excluding hydrogens is 372 g/mol. The molecule has 3 heterocycles. The zero-order chi connectivity index (χ0) is 20.2. The summed E-state index contributed by atoms with van der Waals surface area (Å²) < 4.78 is 16.2. The van der Waals surface area contributed by atoms with E-state index in [4.69, 9.17) is 13.9 Å². The molecule has 1 aliphatic heterocycles. The van der Waals surface area contributed by atoms with Crippen LogP contribution in [0.25, 0.3) is 0 Å². The van der Waals surface area contributed by atoms with Gasteiger partial charge in [0.2, 0.25) is 5.88 Å². The molecule has 1 aliphatic rings. The average molecular weight is 394 g/mol. The fourth-order valence-electron chi connectivity index (χ4n) is 3.42. The van der Waals surface area contributed by atoms with E-state index in [2.05, 4.69) is 15.0 Å². The van der Waals surface area contributed by atoms with Crippen LogP contribution in [0.2, 0.25) is 0 Å². The summed E-state index contributed by atoms with van der Waals surface area (Å²) in [5, 5.41) is 0. The highest BCUT2D eigenvalue weighted by Crippen LogP contribution is 2.29. The number of carbonyl (C=O) groups excluding carboxylic acids is 1. The monoisotopic (exact) mass is 394 g/mol. The number of aryl methyl sites for hydroxylation is 1. The van der Waals surface area contributed by atoms with E-state index in [1.807, 2.05) is 18.2 Å². The van der Waals surface area contributed by atoms with Crippen molar-refractivity contribution in [3.63, 3.8) is 0 Å². The Hall–Kier alpha value is -3.42. The standard InChI is InChI=1S/C21H22N4O4/c1-14-23-19(13-28-14)21(26)25-8-4-5-15(12-25)18-10-22-11-20(24-18)29-17-7-3-6-16(9-17)27-2/h3,6-7,9-11,13,15H,4-5,8,12H2,1-2H3/t15-/m1/s1. The minimum absolute atomic E-state index is 0.0852. The van der Waals surface area contributed by atoms with E-state index < -0.39 is 0 Å². The fraction of sp³-hybridized carbons (Fsp3) is 0.333. The minimum atomic E-state index is -0.122. The molecule has 0 spiro atoms. The molecule has 4 rings (SSSR count). The molecule has 2 aromatic heterocycles. The van der Waals surface area contributed by atoms with Crippen LogP contribution in [0.15, 0.2) is 47.3 Å². The highest BCUT2D eigenvalue weighted by atomic mass is 16.5. The van der Waals surface area contributed by atoms with E-state index in [1.54, 1.807) is 37.4 Å². The summed E-state index contributed by atoms with van der Waals surface area (Å²) in [6.45, 7) is 2.97. The van der Waals surface area contributed by atoms with Crippen molar-refractivity contribution in [2.24, 2.45) is 0 Å². The number of carbonyl (C=O) groups is 1. The third kappa shape index (κ3) is 4.37. The maximum Gasteiger partial charge on any atom is 0.275 e. The van der Waals surface area contributed by atoms with Gasteiger partial charge in [-0.3, -0.25) is 9.78 Å². The van der Waals surface area contributed by atoms with Gasteiger partial charge in [-0.2, -0.15) is 0 Å². The Balaban J connectivity index is 1.48. The number of amides is 1. The number of piperidine rings is 1. The van der Waals surface area contributed by atoms with Crippen LogP contribution in [-0.2, 0) is 0 Å². The molecule has 0 bridgehead atoms. The van der Waals surface area contributed by atoms with Gasteiger partial charge in [0.25, 0.3) is 5.91 Å². The van der Waals surface area contributed by atoms with Gasteiger partial charge in [-0.15, -0.1) is 0 Å². The number of rotatable bonds is 5. The predicted octanol–water partition coefficient (Wildman–Crippen LogP) is 3.59. The number of benzene rings is 1.